The Morgan fingerprint density at radius 1 is 0.639 bits per heavy atom. The van der Waals surface area contributed by atoms with Crippen LogP contribution in [0.2, 0.25) is 0 Å². The first-order valence-corrected chi connectivity index (χ1v) is 15.9. The molecule has 0 saturated carbocycles. The summed E-state index contributed by atoms with van der Waals surface area (Å²) in [5.74, 6) is 1.70. The van der Waals surface area contributed by atoms with Crippen molar-refractivity contribution >= 4 is 40.1 Å². The maximum atomic E-state index is 6.63. The van der Waals surface area contributed by atoms with Gasteiger partial charge in [0, 0.05) is 11.1 Å². The molecule has 184 valence electrons. The van der Waals surface area contributed by atoms with Gasteiger partial charge in [-0.05, 0) is 131 Å². The topological polar surface area (TPSA) is 18.5 Å². The van der Waals surface area contributed by atoms with Crippen molar-refractivity contribution in [2.75, 3.05) is 0 Å². The van der Waals surface area contributed by atoms with E-state index in [0.717, 1.165) is 48.3 Å². The summed E-state index contributed by atoms with van der Waals surface area (Å²) in [5, 5.41) is 2.47. The highest BCUT2D eigenvalue weighted by Gasteiger charge is 2.27. The molecule has 0 radical (unpaired) electrons. The van der Waals surface area contributed by atoms with Crippen LogP contribution in [0.4, 0.5) is 0 Å². The van der Waals surface area contributed by atoms with Gasteiger partial charge in [0.1, 0.15) is 18.1 Å². The number of ether oxygens (including phenoxy) is 1. The molecule has 0 fully saturated rings. The predicted molar refractivity (Wildman–Crippen MR) is 153 cm³/mol. The van der Waals surface area contributed by atoms with E-state index in [1.165, 1.54) is 64.3 Å². The number of hydrogen-bond acceptors (Lipinski definition) is 2. The molecule has 5 heteroatoms. The molecule has 4 aromatic rings. The molecule has 0 atom stereocenters. The quantitative estimate of drug-likeness (QED) is 0.229. The normalized spacial score (nSPS) is 15.0. The van der Waals surface area contributed by atoms with Crippen LogP contribution >= 0.6 is 29.3 Å². The smallest absolute Gasteiger partial charge is 0.284 e. The van der Waals surface area contributed by atoms with Crippen LogP contribution in [-0.2, 0) is 32.3 Å². The monoisotopic (exact) mass is 534 g/mol. The van der Waals surface area contributed by atoms with Gasteiger partial charge < -0.3 is 9.26 Å². The second-order valence-corrected chi connectivity index (χ2v) is 12.8. The summed E-state index contributed by atoms with van der Waals surface area (Å²) in [6, 6.07) is 23.7. The van der Waals surface area contributed by atoms with Gasteiger partial charge in [-0.1, -0.05) is 48.5 Å². The largest absolute Gasteiger partial charge is 0.488 e. The lowest BCUT2D eigenvalue weighted by molar-refractivity contribution is 0.307. The molecule has 0 saturated heterocycles. The van der Waals surface area contributed by atoms with E-state index >= 15 is 0 Å². The van der Waals surface area contributed by atoms with E-state index in [1.807, 2.05) is 0 Å². The SMILES string of the molecule is ClP(Cl)Oc1ccc2c(c1-c1c(OCc3ccc4ccccc4c3)ccc3c1CCCC3)CCCC2. The molecule has 0 bridgehead atoms. The van der Waals surface area contributed by atoms with Crippen LogP contribution in [0.25, 0.3) is 21.9 Å². The minimum absolute atomic E-state index is 0.513. The zero-order chi connectivity index (χ0) is 24.5. The fourth-order valence-electron chi connectivity index (χ4n) is 5.92. The van der Waals surface area contributed by atoms with Crippen LogP contribution < -0.4 is 9.26 Å². The molecule has 2 aliphatic rings. The van der Waals surface area contributed by atoms with Gasteiger partial charge in [-0.25, -0.2) is 0 Å². The summed E-state index contributed by atoms with van der Waals surface area (Å²) in [7, 11) is 0. The van der Waals surface area contributed by atoms with Crippen LogP contribution in [0.15, 0.2) is 66.7 Å². The van der Waals surface area contributed by atoms with Gasteiger partial charge in [-0.15, -0.1) is 0 Å². The number of aryl methyl sites for hydroxylation is 2. The van der Waals surface area contributed by atoms with Crippen LogP contribution in [0, 0.1) is 0 Å². The van der Waals surface area contributed by atoms with E-state index in [2.05, 4.69) is 66.7 Å². The van der Waals surface area contributed by atoms with E-state index in [0.29, 0.717) is 6.61 Å². The summed E-state index contributed by atoms with van der Waals surface area (Å²) < 4.78 is 12.7. The molecule has 2 nitrogen and oxygen atoms in total. The molecule has 2 aliphatic carbocycles. The lowest BCUT2D eigenvalue weighted by atomic mass is 9.80. The highest BCUT2D eigenvalue weighted by atomic mass is 35.9. The van der Waals surface area contributed by atoms with Gasteiger partial charge in [-0.3, -0.25) is 0 Å². The maximum Gasteiger partial charge on any atom is 0.284 e. The standard InChI is InChI=1S/C31H29Cl2O2P/c32-36(33)35-29-18-16-24-9-4-6-12-27(24)31(29)30-26-11-5-3-8-23(26)15-17-28(30)34-20-21-13-14-22-7-1-2-10-25(22)19-21/h1-2,7,10,13-19H,3-6,8-9,11-12,20H2. The van der Waals surface area contributed by atoms with Crippen LogP contribution in [0.5, 0.6) is 11.5 Å². The molecule has 4 aromatic carbocycles. The Hall–Kier alpha value is -2.25. The van der Waals surface area contributed by atoms with E-state index in [9.17, 15) is 0 Å². The molecule has 0 aromatic heterocycles. The van der Waals surface area contributed by atoms with Gasteiger partial charge in [0.15, 0.2) is 0 Å². The number of rotatable bonds is 6. The van der Waals surface area contributed by atoms with Gasteiger partial charge >= 0.3 is 0 Å². The average molecular weight is 535 g/mol. The summed E-state index contributed by atoms with van der Waals surface area (Å²) in [6.07, 6.45) is 9.13. The van der Waals surface area contributed by atoms with Crippen molar-refractivity contribution in [2.24, 2.45) is 0 Å². The van der Waals surface area contributed by atoms with Crippen molar-refractivity contribution in [1.29, 1.82) is 0 Å². The molecule has 0 amide bonds. The lowest BCUT2D eigenvalue weighted by Crippen LogP contribution is -2.11. The molecule has 6 rings (SSSR count). The summed E-state index contributed by atoms with van der Waals surface area (Å²) in [6.45, 7) is -1.06. The van der Waals surface area contributed by atoms with Crippen molar-refractivity contribution in [1.82, 2.24) is 0 Å². The minimum atomic E-state index is -1.57. The zero-order valence-corrected chi connectivity index (χ0v) is 22.6. The fourth-order valence-corrected chi connectivity index (χ4v) is 6.67. The number of hydrogen-bond donors (Lipinski definition) is 0. The van der Waals surface area contributed by atoms with E-state index in [-0.39, 0.29) is 0 Å². The third kappa shape index (κ3) is 4.84. The second-order valence-electron chi connectivity index (χ2n) is 9.83. The van der Waals surface area contributed by atoms with E-state index < -0.39 is 6.85 Å². The van der Waals surface area contributed by atoms with Crippen LogP contribution in [0.1, 0.15) is 53.5 Å². The minimum Gasteiger partial charge on any atom is -0.488 e. The third-order valence-corrected chi connectivity index (χ3v) is 8.36. The molecular weight excluding hydrogens is 506 g/mol. The van der Waals surface area contributed by atoms with E-state index in [4.69, 9.17) is 31.7 Å². The van der Waals surface area contributed by atoms with Crippen molar-refractivity contribution in [2.45, 2.75) is 58.0 Å². The van der Waals surface area contributed by atoms with Crippen LogP contribution in [0.3, 0.4) is 0 Å². The highest BCUT2D eigenvalue weighted by Crippen LogP contribution is 2.53. The first kappa shape index (κ1) is 24.1. The first-order valence-electron chi connectivity index (χ1n) is 12.9. The first-order chi connectivity index (χ1) is 17.7. The molecule has 0 aliphatic heterocycles. The number of benzene rings is 4. The maximum absolute atomic E-state index is 6.63. The second kappa shape index (κ2) is 10.6. The van der Waals surface area contributed by atoms with Crippen molar-refractivity contribution in [3.8, 4) is 22.6 Å². The summed E-state index contributed by atoms with van der Waals surface area (Å²) in [4.78, 5) is 0. The Balaban J connectivity index is 1.47. The number of fused-ring (bicyclic) bond motifs is 3. The molecule has 0 heterocycles. The van der Waals surface area contributed by atoms with E-state index in [1.54, 1.807) is 0 Å². The Bertz CT molecular complexity index is 1420. The third-order valence-electron chi connectivity index (χ3n) is 7.61. The predicted octanol–water partition coefficient (Wildman–Crippen LogP) is 9.93. The summed E-state index contributed by atoms with van der Waals surface area (Å²) in [5.41, 5.74) is 9.10. The van der Waals surface area contributed by atoms with Gasteiger partial charge in [0.25, 0.3) is 6.85 Å². The molecule has 0 N–H and O–H groups in total. The molecule has 0 unspecified atom stereocenters. The molecular formula is C31H29Cl2O2P. The Morgan fingerprint density at radius 3 is 1.94 bits per heavy atom. The van der Waals surface area contributed by atoms with Gasteiger partial charge in [0.2, 0.25) is 0 Å². The van der Waals surface area contributed by atoms with Crippen LogP contribution in [-0.4, -0.2) is 0 Å². The summed E-state index contributed by atoms with van der Waals surface area (Å²) >= 11 is 12.4. The van der Waals surface area contributed by atoms with Gasteiger partial charge in [-0.2, -0.15) is 0 Å². The Morgan fingerprint density at radius 2 is 1.25 bits per heavy atom. The number of halogens is 2. The lowest BCUT2D eigenvalue weighted by Gasteiger charge is -2.28. The molecule has 36 heavy (non-hydrogen) atoms. The van der Waals surface area contributed by atoms with Gasteiger partial charge in [0.05, 0.1) is 0 Å². The van der Waals surface area contributed by atoms with Crippen molar-refractivity contribution in [3.63, 3.8) is 0 Å². The Labute approximate surface area is 224 Å². The Kier molecular flexibility index (Phi) is 7.11. The zero-order valence-electron chi connectivity index (χ0n) is 20.2. The van der Waals surface area contributed by atoms with Crippen molar-refractivity contribution in [3.05, 3.63) is 94.5 Å². The van der Waals surface area contributed by atoms with Crippen molar-refractivity contribution < 1.29 is 9.26 Å². The highest BCUT2D eigenvalue weighted by molar-refractivity contribution is 8.00. The average Bonchev–Trinajstić information content (AvgIpc) is 2.91. The molecule has 0 spiro atoms. The fraction of sp³-hybridized carbons (Fsp3) is 0.290.